The van der Waals surface area contributed by atoms with Gasteiger partial charge in [-0.25, -0.2) is 0 Å². The summed E-state index contributed by atoms with van der Waals surface area (Å²) in [5.74, 6) is 0.758. The van der Waals surface area contributed by atoms with E-state index in [-0.39, 0.29) is 6.23 Å². The van der Waals surface area contributed by atoms with Gasteiger partial charge in [0.15, 0.2) is 0 Å². The fourth-order valence-electron chi connectivity index (χ4n) is 0.765. The summed E-state index contributed by atoms with van der Waals surface area (Å²) in [5, 5.41) is 9.87. The maximum Gasteiger partial charge on any atom is 0.146 e. The first-order valence-electron chi connectivity index (χ1n) is 3.78. The van der Waals surface area contributed by atoms with Crippen molar-refractivity contribution in [3.05, 3.63) is 11.8 Å². The second-order valence-corrected chi connectivity index (χ2v) is 2.26. The number of hydrogen-bond acceptors (Lipinski definition) is 3. The Bertz CT molecular complexity index is 143. The molecular formula is C8H16N2O. The predicted octanol–water partition coefficient (Wildman–Crippen LogP) is 1.51. The Balaban J connectivity index is 3.64. The minimum atomic E-state index is 0.0243. The van der Waals surface area contributed by atoms with E-state index in [9.17, 15) is 0 Å². The molecule has 2 N–H and O–H groups in total. The molecule has 11 heavy (non-hydrogen) atoms. The van der Waals surface area contributed by atoms with Gasteiger partial charge in [-0.1, -0.05) is 6.92 Å². The van der Waals surface area contributed by atoms with Crippen LogP contribution in [0.1, 0.15) is 20.8 Å². The predicted molar refractivity (Wildman–Crippen MR) is 46.8 cm³/mol. The van der Waals surface area contributed by atoms with E-state index in [1.165, 1.54) is 6.21 Å². The van der Waals surface area contributed by atoms with Crippen LogP contribution in [-0.2, 0) is 4.74 Å². The van der Waals surface area contributed by atoms with Crippen molar-refractivity contribution in [3.8, 4) is 0 Å². The number of allylic oxidation sites excluding steroid dienone is 2. The molecule has 3 heteroatoms. The first-order valence-corrected chi connectivity index (χ1v) is 3.78. The summed E-state index contributed by atoms with van der Waals surface area (Å²) in [6, 6.07) is 0. The van der Waals surface area contributed by atoms with Crippen LogP contribution < -0.4 is 5.32 Å². The van der Waals surface area contributed by atoms with Crippen molar-refractivity contribution < 1.29 is 4.74 Å². The number of hydrogen-bond donors (Lipinski definition) is 2. The average Bonchev–Trinajstić information content (AvgIpc) is 1.87. The van der Waals surface area contributed by atoms with Crippen LogP contribution in [0.4, 0.5) is 0 Å². The van der Waals surface area contributed by atoms with E-state index in [1.54, 1.807) is 6.08 Å². The third kappa shape index (κ3) is 5.61. The fourth-order valence-corrected chi connectivity index (χ4v) is 0.765. The van der Waals surface area contributed by atoms with Crippen LogP contribution in [0.2, 0.25) is 0 Å². The minimum absolute atomic E-state index is 0.0243. The average molecular weight is 156 g/mol. The molecule has 0 aliphatic heterocycles. The minimum Gasteiger partial charge on any atom is -0.480 e. The molecule has 0 aromatic rings. The quantitative estimate of drug-likeness (QED) is 0.360. The lowest BCUT2D eigenvalue weighted by Crippen LogP contribution is -2.27. The molecule has 1 atom stereocenters. The molecule has 0 amide bonds. The van der Waals surface area contributed by atoms with Crippen LogP contribution >= 0.6 is 0 Å². The van der Waals surface area contributed by atoms with Crippen molar-refractivity contribution in [1.29, 1.82) is 5.41 Å². The van der Waals surface area contributed by atoms with Crippen LogP contribution in [0, 0.1) is 5.41 Å². The summed E-state index contributed by atoms with van der Waals surface area (Å²) in [7, 11) is 0. The summed E-state index contributed by atoms with van der Waals surface area (Å²) >= 11 is 0. The molecule has 0 fully saturated rings. The Morgan fingerprint density at radius 1 is 1.73 bits per heavy atom. The van der Waals surface area contributed by atoms with Gasteiger partial charge < -0.3 is 10.1 Å². The maximum atomic E-state index is 6.78. The van der Waals surface area contributed by atoms with E-state index in [2.05, 4.69) is 5.32 Å². The van der Waals surface area contributed by atoms with Crippen LogP contribution in [-0.4, -0.2) is 19.0 Å². The standard InChI is InChI=1S/C8H16N2O/c1-4-10-8(3)11-7(2)5-6-9/h5-6,8-10H,4H2,1-3H3/b7-5+,9-6?. The van der Waals surface area contributed by atoms with Gasteiger partial charge >= 0.3 is 0 Å². The van der Waals surface area contributed by atoms with Crippen LogP contribution in [0.25, 0.3) is 0 Å². The number of rotatable bonds is 5. The van der Waals surface area contributed by atoms with Gasteiger partial charge in [-0.3, -0.25) is 5.32 Å². The summed E-state index contributed by atoms with van der Waals surface area (Å²) < 4.78 is 5.33. The van der Waals surface area contributed by atoms with Crippen LogP contribution in [0.15, 0.2) is 11.8 Å². The molecule has 0 bridgehead atoms. The zero-order valence-electron chi connectivity index (χ0n) is 7.35. The van der Waals surface area contributed by atoms with Gasteiger partial charge in [0.05, 0.1) is 5.76 Å². The van der Waals surface area contributed by atoms with Crippen LogP contribution in [0.5, 0.6) is 0 Å². The van der Waals surface area contributed by atoms with Gasteiger partial charge in [0.25, 0.3) is 0 Å². The summed E-state index contributed by atoms with van der Waals surface area (Å²) in [5.41, 5.74) is 0. The van der Waals surface area contributed by atoms with Gasteiger partial charge in [-0.15, -0.1) is 0 Å². The van der Waals surface area contributed by atoms with Gasteiger partial charge in [0.1, 0.15) is 6.23 Å². The normalized spacial score (nSPS) is 14.3. The smallest absolute Gasteiger partial charge is 0.146 e. The summed E-state index contributed by atoms with van der Waals surface area (Å²) in [6.45, 7) is 6.68. The van der Waals surface area contributed by atoms with Gasteiger partial charge in [0.2, 0.25) is 0 Å². The van der Waals surface area contributed by atoms with Crippen molar-refractivity contribution in [2.24, 2.45) is 0 Å². The highest BCUT2D eigenvalue weighted by Crippen LogP contribution is 1.97. The lowest BCUT2D eigenvalue weighted by atomic mass is 10.5. The van der Waals surface area contributed by atoms with E-state index in [0.29, 0.717) is 0 Å². The second-order valence-electron chi connectivity index (χ2n) is 2.26. The Kier molecular flexibility index (Phi) is 5.47. The molecule has 0 saturated heterocycles. The van der Waals surface area contributed by atoms with Crippen molar-refractivity contribution in [2.75, 3.05) is 6.54 Å². The first-order chi connectivity index (χ1) is 5.20. The third-order valence-corrected chi connectivity index (χ3v) is 1.17. The molecule has 0 aliphatic carbocycles. The van der Waals surface area contributed by atoms with Crippen LogP contribution in [0.3, 0.4) is 0 Å². The summed E-state index contributed by atoms with van der Waals surface area (Å²) in [6.07, 6.45) is 2.86. The Hall–Kier alpha value is -0.830. The van der Waals surface area contributed by atoms with Gasteiger partial charge in [-0.05, 0) is 26.5 Å². The van der Waals surface area contributed by atoms with E-state index in [1.807, 2.05) is 20.8 Å². The lowest BCUT2D eigenvalue weighted by molar-refractivity contribution is 0.105. The highest BCUT2D eigenvalue weighted by molar-refractivity contribution is 5.68. The monoisotopic (exact) mass is 156 g/mol. The largest absolute Gasteiger partial charge is 0.480 e. The molecule has 0 aromatic heterocycles. The lowest BCUT2D eigenvalue weighted by Gasteiger charge is -2.14. The van der Waals surface area contributed by atoms with E-state index < -0.39 is 0 Å². The van der Waals surface area contributed by atoms with Gasteiger partial charge in [-0.2, -0.15) is 0 Å². The molecule has 0 aromatic carbocycles. The highest BCUT2D eigenvalue weighted by atomic mass is 16.5. The maximum absolute atomic E-state index is 6.78. The molecule has 3 nitrogen and oxygen atoms in total. The zero-order valence-corrected chi connectivity index (χ0v) is 7.35. The first kappa shape index (κ1) is 10.2. The second kappa shape index (κ2) is 5.92. The number of ether oxygens (including phenoxy) is 1. The third-order valence-electron chi connectivity index (χ3n) is 1.17. The van der Waals surface area contributed by atoms with Crippen molar-refractivity contribution >= 4 is 6.21 Å². The molecular weight excluding hydrogens is 140 g/mol. The van der Waals surface area contributed by atoms with E-state index >= 15 is 0 Å². The van der Waals surface area contributed by atoms with Crippen molar-refractivity contribution in [2.45, 2.75) is 27.0 Å². The molecule has 1 unspecified atom stereocenters. The number of nitrogens with one attached hydrogen (secondary N) is 2. The molecule has 0 radical (unpaired) electrons. The van der Waals surface area contributed by atoms with E-state index in [0.717, 1.165) is 12.3 Å². The zero-order chi connectivity index (χ0) is 8.69. The topological polar surface area (TPSA) is 45.1 Å². The fraction of sp³-hybridized carbons (Fsp3) is 0.625. The SMILES string of the molecule is CCNC(C)O/C(C)=C/C=N. The molecule has 0 rings (SSSR count). The molecule has 0 heterocycles. The van der Waals surface area contributed by atoms with Gasteiger partial charge in [0, 0.05) is 6.21 Å². The molecule has 0 aliphatic rings. The van der Waals surface area contributed by atoms with E-state index in [4.69, 9.17) is 10.1 Å². The molecule has 0 spiro atoms. The summed E-state index contributed by atoms with van der Waals surface area (Å²) in [4.78, 5) is 0. The Morgan fingerprint density at radius 3 is 2.82 bits per heavy atom. The Morgan fingerprint density at radius 2 is 2.36 bits per heavy atom. The molecule has 0 saturated carbocycles. The highest BCUT2D eigenvalue weighted by Gasteiger charge is 1.98. The Labute approximate surface area is 68.0 Å². The molecule has 64 valence electrons. The van der Waals surface area contributed by atoms with Crippen molar-refractivity contribution in [3.63, 3.8) is 0 Å². The van der Waals surface area contributed by atoms with Crippen molar-refractivity contribution in [1.82, 2.24) is 5.32 Å².